The third kappa shape index (κ3) is 3.67. The zero-order chi connectivity index (χ0) is 15.4. The van der Waals surface area contributed by atoms with E-state index in [1.165, 1.54) is 4.88 Å². The van der Waals surface area contributed by atoms with Crippen LogP contribution in [0, 0.1) is 5.92 Å². The molecule has 1 aliphatic rings. The van der Waals surface area contributed by atoms with Gasteiger partial charge in [-0.2, -0.15) is 0 Å². The summed E-state index contributed by atoms with van der Waals surface area (Å²) in [4.78, 5) is 16.3. The Hall–Kier alpha value is -0.870. The second-order valence-corrected chi connectivity index (χ2v) is 7.34. The molecule has 1 fully saturated rings. The van der Waals surface area contributed by atoms with Crippen molar-refractivity contribution < 1.29 is 4.79 Å². The molecule has 21 heavy (non-hydrogen) atoms. The van der Waals surface area contributed by atoms with Gasteiger partial charge in [-0.15, -0.1) is 11.3 Å². The Morgan fingerprint density at radius 1 is 1.38 bits per heavy atom. The van der Waals surface area contributed by atoms with Crippen molar-refractivity contribution >= 4 is 17.2 Å². The van der Waals surface area contributed by atoms with E-state index in [4.69, 9.17) is 0 Å². The molecular weight excluding hydrogens is 280 g/mol. The fourth-order valence-electron chi connectivity index (χ4n) is 3.22. The Bertz CT molecular complexity index is 444. The SMILES string of the molecule is CCCC(CC)N1C(=O)C(CC(C)C)NC1c1cccs1. The monoisotopic (exact) mass is 308 g/mol. The summed E-state index contributed by atoms with van der Waals surface area (Å²) >= 11 is 1.74. The summed E-state index contributed by atoms with van der Waals surface area (Å²) in [5, 5.41) is 5.68. The number of carbonyl (C=O) groups excluding carboxylic acids is 1. The molecule has 2 rings (SSSR count). The van der Waals surface area contributed by atoms with Crippen LogP contribution in [0.5, 0.6) is 0 Å². The van der Waals surface area contributed by atoms with Crippen molar-refractivity contribution in [1.29, 1.82) is 0 Å². The first kappa shape index (κ1) is 16.5. The lowest BCUT2D eigenvalue weighted by atomic mass is 10.0. The third-order valence-corrected chi connectivity index (χ3v) is 5.12. The van der Waals surface area contributed by atoms with Crippen LogP contribution in [0.2, 0.25) is 0 Å². The van der Waals surface area contributed by atoms with E-state index in [1.807, 2.05) is 0 Å². The van der Waals surface area contributed by atoms with E-state index in [2.05, 4.69) is 55.4 Å². The number of amides is 1. The maximum Gasteiger partial charge on any atom is 0.241 e. The molecule has 1 amide bonds. The Kier molecular flexibility index (Phi) is 5.82. The Balaban J connectivity index is 2.25. The van der Waals surface area contributed by atoms with Gasteiger partial charge in [-0.05, 0) is 36.6 Å². The average Bonchev–Trinajstić information content (AvgIpc) is 3.05. The summed E-state index contributed by atoms with van der Waals surface area (Å²) < 4.78 is 0. The molecule has 2 heterocycles. The number of rotatable bonds is 7. The summed E-state index contributed by atoms with van der Waals surface area (Å²) in [6, 6.07) is 4.53. The van der Waals surface area contributed by atoms with Crippen LogP contribution in [0.1, 0.15) is 64.4 Å². The van der Waals surface area contributed by atoms with Crippen molar-refractivity contribution in [2.45, 2.75) is 71.6 Å². The van der Waals surface area contributed by atoms with Gasteiger partial charge in [0.2, 0.25) is 5.91 Å². The first-order valence-corrected chi connectivity index (χ1v) is 9.08. The molecule has 1 aromatic heterocycles. The van der Waals surface area contributed by atoms with Gasteiger partial charge in [0, 0.05) is 10.9 Å². The fourth-order valence-corrected chi connectivity index (χ4v) is 4.00. The zero-order valence-electron chi connectivity index (χ0n) is 13.6. The molecule has 0 bridgehead atoms. The highest BCUT2D eigenvalue weighted by Crippen LogP contribution is 2.34. The predicted octanol–water partition coefficient (Wildman–Crippen LogP) is 4.17. The lowest BCUT2D eigenvalue weighted by Crippen LogP contribution is -2.39. The number of hydrogen-bond donors (Lipinski definition) is 1. The van der Waals surface area contributed by atoms with Crippen LogP contribution in [-0.4, -0.2) is 22.9 Å². The minimum Gasteiger partial charge on any atom is -0.318 e. The molecule has 0 spiro atoms. The molecule has 1 N–H and O–H groups in total. The standard InChI is InChI=1S/C17H28N2OS/c1-5-8-13(6-2)19-16(15-9-7-10-21-15)18-14(17(19)20)11-12(3)4/h7,9-10,12-14,16,18H,5-6,8,11H2,1-4H3. The maximum absolute atomic E-state index is 12.9. The molecule has 3 atom stereocenters. The largest absolute Gasteiger partial charge is 0.318 e. The first-order chi connectivity index (χ1) is 10.1. The lowest BCUT2D eigenvalue weighted by Gasteiger charge is -2.31. The third-order valence-electron chi connectivity index (χ3n) is 4.20. The van der Waals surface area contributed by atoms with Gasteiger partial charge < -0.3 is 4.90 Å². The Labute approximate surface area is 132 Å². The second kappa shape index (κ2) is 7.41. The van der Waals surface area contributed by atoms with E-state index in [0.29, 0.717) is 17.9 Å². The van der Waals surface area contributed by atoms with Gasteiger partial charge in [0.15, 0.2) is 0 Å². The number of nitrogens with one attached hydrogen (secondary N) is 1. The molecule has 118 valence electrons. The quantitative estimate of drug-likeness (QED) is 0.820. The van der Waals surface area contributed by atoms with Crippen molar-refractivity contribution in [2.24, 2.45) is 5.92 Å². The van der Waals surface area contributed by atoms with Crippen LogP contribution >= 0.6 is 11.3 Å². The smallest absolute Gasteiger partial charge is 0.241 e. The highest BCUT2D eigenvalue weighted by Gasteiger charge is 2.42. The van der Waals surface area contributed by atoms with E-state index >= 15 is 0 Å². The molecule has 0 aliphatic carbocycles. The van der Waals surface area contributed by atoms with Gasteiger partial charge in [0.1, 0.15) is 6.17 Å². The van der Waals surface area contributed by atoms with Gasteiger partial charge in [0.25, 0.3) is 0 Å². The van der Waals surface area contributed by atoms with Crippen LogP contribution in [-0.2, 0) is 4.79 Å². The lowest BCUT2D eigenvalue weighted by molar-refractivity contribution is -0.132. The summed E-state index contributed by atoms with van der Waals surface area (Å²) in [7, 11) is 0. The summed E-state index contributed by atoms with van der Waals surface area (Å²) in [5.41, 5.74) is 0. The predicted molar refractivity (Wildman–Crippen MR) is 89.3 cm³/mol. The van der Waals surface area contributed by atoms with E-state index in [1.54, 1.807) is 11.3 Å². The number of nitrogens with zero attached hydrogens (tertiary/aromatic N) is 1. The average molecular weight is 308 g/mol. The van der Waals surface area contributed by atoms with Gasteiger partial charge in [0.05, 0.1) is 6.04 Å². The van der Waals surface area contributed by atoms with Crippen molar-refractivity contribution in [3.8, 4) is 0 Å². The Morgan fingerprint density at radius 3 is 2.67 bits per heavy atom. The van der Waals surface area contributed by atoms with E-state index in [9.17, 15) is 4.79 Å². The molecule has 1 aromatic rings. The minimum atomic E-state index is -0.0250. The Morgan fingerprint density at radius 2 is 2.14 bits per heavy atom. The van der Waals surface area contributed by atoms with Crippen LogP contribution in [0.15, 0.2) is 17.5 Å². The summed E-state index contributed by atoms with van der Waals surface area (Å²) in [6.07, 6.45) is 4.21. The van der Waals surface area contributed by atoms with Gasteiger partial charge in [-0.3, -0.25) is 10.1 Å². The number of hydrogen-bond acceptors (Lipinski definition) is 3. The molecule has 3 unspecified atom stereocenters. The molecule has 0 radical (unpaired) electrons. The number of carbonyl (C=O) groups is 1. The zero-order valence-corrected chi connectivity index (χ0v) is 14.5. The molecular formula is C17H28N2OS. The van der Waals surface area contributed by atoms with Gasteiger partial charge in [-0.25, -0.2) is 0 Å². The molecule has 1 saturated heterocycles. The van der Waals surface area contributed by atoms with E-state index < -0.39 is 0 Å². The fraction of sp³-hybridized carbons (Fsp3) is 0.706. The molecule has 4 heteroatoms. The van der Waals surface area contributed by atoms with Crippen molar-refractivity contribution in [3.63, 3.8) is 0 Å². The summed E-state index contributed by atoms with van der Waals surface area (Å²) in [6.45, 7) is 8.75. The molecule has 1 aliphatic heterocycles. The maximum atomic E-state index is 12.9. The van der Waals surface area contributed by atoms with Crippen molar-refractivity contribution in [2.75, 3.05) is 0 Å². The molecule has 0 aromatic carbocycles. The van der Waals surface area contributed by atoms with Crippen LogP contribution < -0.4 is 5.32 Å². The topological polar surface area (TPSA) is 32.3 Å². The highest BCUT2D eigenvalue weighted by atomic mass is 32.1. The van der Waals surface area contributed by atoms with Gasteiger partial charge >= 0.3 is 0 Å². The molecule has 3 nitrogen and oxygen atoms in total. The van der Waals surface area contributed by atoms with Crippen LogP contribution in [0.4, 0.5) is 0 Å². The molecule has 0 saturated carbocycles. The number of thiophene rings is 1. The minimum absolute atomic E-state index is 0.0250. The van der Waals surface area contributed by atoms with Crippen molar-refractivity contribution in [3.05, 3.63) is 22.4 Å². The highest BCUT2D eigenvalue weighted by molar-refractivity contribution is 7.10. The van der Waals surface area contributed by atoms with Crippen molar-refractivity contribution in [1.82, 2.24) is 10.2 Å². The first-order valence-electron chi connectivity index (χ1n) is 8.20. The van der Waals surface area contributed by atoms with Gasteiger partial charge in [-0.1, -0.05) is 40.2 Å². The normalized spacial score (nSPS) is 24.0. The van der Waals surface area contributed by atoms with Crippen LogP contribution in [0.3, 0.4) is 0 Å². The van der Waals surface area contributed by atoms with E-state index in [0.717, 1.165) is 25.7 Å². The van der Waals surface area contributed by atoms with Crippen LogP contribution in [0.25, 0.3) is 0 Å². The second-order valence-electron chi connectivity index (χ2n) is 6.36. The summed E-state index contributed by atoms with van der Waals surface area (Å²) in [5.74, 6) is 0.823. The van der Waals surface area contributed by atoms with E-state index in [-0.39, 0.29) is 12.2 Å².